The Kier molecular flexibility index (Phi) is 6.58. The predicted molar refractivity (Wildman–Crippen MR) is 123 cm³/mol. The van der Waals surface area contributed by atoms with Crippen LogP contribution in [0.4, 0.5) is 4.39 Å². The monoisotopic (exact) mass is 442 g/mol. The number of aromatic nitrogens is 1. The highest BCUT2D eigenvalue weighted by atomic mass is 32.2. The normalized spacial score (nSPS) is 26.5. The molecule has 1 aromatic carbocycles. The number of benzene rings is 1. The van der Waals surface area contributed by atoms with Crippen molar-refractivity contribution in [2.75, 3.05) is 19.8 Å². The maximum absolute atomic E-state index is 13.5. The molecule has 31 heavy (non-hydrogen) atoms. The quantitative estimate of drug-likeness (QED) is 0.615. The molecule has 2 aliphatic carbocycles. The van der Waals surface area contributed by atoms with Crippen molar-refractivity contribution in [3.05, 3.63) is 60.2 Å². The Morgan fingerprint density at radius 1 is 1.16 bits per heavy atom. The zero-order valence-corrected chi connectivity index (χ0v) is 19.1. The minimum atomic E-state index is -3.18. The largest absolute Gasteiger partial charge is 0.256 e. The molecule has 1 heterocycles. The average molecular weight is 443 g/mol. The highest BCUT2D eigenvalue weighted by Crippen LogP contribution is 2.50. The van der Waals surface area contributed by atoms with Crippen LogP contribution in [0.15, 0.2) is 48.7 Å². The molecule has 4 atom stereocenters. The van der Waals surface area contributed by atoms with Gasteiger partial charge in [0.2, 0.25) is 10.0 Å². The van der Waals surface area contributed by atoms with Gasteiger partial charge in [0.05, 0.1) is 11.9 Å². The molecule has 6 heteroatoms. The Hall–Kier alpha value is -2.05. The lowest BCUT2D eigenvalue weighted by molar-refractivity contribution is 0.244. The SMILES string of the molecule is CN(C[C@H]1C[C@H]2CCCC[C@H]2[C@@H]1C=Cc1ccc(-c2cccc(F)c2)cn1)S(C)(=O)=O. The lowest BCUT2D eigenvalue weighted by Crippen LogP contribution is -2.32. The van der Waals surface area contributed by atoms with E-state index in [2.05, 4.69) is 17.1 Å². The molecule has 0 N–H and O–H groups in total. The van der Waals surface area contributed by atoms with Crippen molar-refractivity contribution in [1.29, 1.82) is 0 Å². The van der Waals surface area contributed by atoms with Crippen molar-refractivity contribution in [1.82, 2.24) is 9.29 Å². The summed E-state index contributed by atoms with van der Waals surface area (Å²) in [5.41, 5.74) is 2.57. The Morgan fingerprint density at radius 3 is 2.68 bits per heavy atom. The van der Waals surface area contributed by atoms with Crippen LogP contribution in [0.2, 0.25) is 0 Å². The van der Waals surface area contributed by atoms with Gasteiger partial charge in [0.1, 0.15) is 5.82 Å². The van der Waals surface area contributed by atoms with E-state index in [0.29, 0.717) is 30.2 Å². The summed E-state index contributed by atoms with van der Waals surface area (Å²) < 4.78 is 38.9. The van der Waals surface area contributed by atoms with Crippen LogP contribution in [0.1, 0.15) is 37.8 Å². The van der Waals surface area contributed by atoms with Gasteiger partial charge in [-0.25, -0.2) is 17.1 Å². The molecule has 2 aromatic rings. The molecular formula is C25H31FN2O2S. The zero-order chi connectivity index (χ0) is 22.0. The number of hydrogen-bond acceptors (Lipinski definition) is 3. The van der Waals surface area contributed by atoms with Crippen molar-refractivity contribution in [3.8, 4) is 11.1 Å². The van der Waals surface area contributed by atoms with Gasteiger partial charge in [-0.2, -0.15) is 0 Å². The second kappa shape index (κ2) is 9.21. The fraction of sp³-hybridized carbons (Fsp3) is 0.480. The lowest BCUT2D eigenvalue weighted by atomic mass is 9.77. The van der Waals surface area contributed by atoms with Crippen molar-refractivity contribution >= 4 is 16.1 Å². The van der Waals surface area contributed by atoms with Crippen LogP contribution in [-0.4, -0.2) is 37.6 Å². The van der Waals surface area contributed by atoms with E-state index in [9.17, 15) is 12.8 Å². The van der Waals surface area contributed by atoms with Gasteiger partial charge in [0, 0.05) is 25.4 Å². The minimum Gasteiger partial charge on any atom is -0.256 e. The third-order valence-corrected chi connectivity index (χ3v) is 8.38. The van der Waals surface area contributed by atoms with Crippen LogP contribution >= 0.6 is 0 Å². The highest BCUT2D eigenvalue weighted by Gasteiger charge is 2.43. The molecule has 2 fully saturated rings. The summed E-state index contributed by atoms with van der Waals surface area (Å²) in [5.74, 6) is 1.80. The fourth-order valence-electron chi connectivity index (χ4n) is 5.45. The molecule has 0 radical (unpaired) electrons. The van der Waals surface area contributed by atoms with E-state index in [0.717, 1.165) is 23.2 Å². The van der Waals surface area contributed by atoms with Gasteiger partial charge in [0.25, 0.3) is 0 Å². The maximum Gasteiger partial charge on any atom is 0.210 e. The molecule has 0 amide bonds. The average Bonchev–Trinajstić information content (AvgIpc) is 3.09. The Bertz CT molecular complexity index is 1040. The van der Waals surface area contributed by atoms with Gasteiger partial charge in [-0.1, -0.05) is 43.5 Å². The maximum atomic E-state index is 13.5. The van der Waals surface area contributed by atoms with Crippen molar-refractivity contribution < 1.29 is 12.8 Å². The number of fused-ring (bicyclic) bond motifs is 1. The second-order valence-corrected chi connectivity index (χ2v) is 11.3. The summed E-state index contributed by atoms with van der Waals surface area (Å²) in [6, 6.07) is 10.5. The molecule has 2 saturated carbocycles. The molecule has 0 bridgehead atoms. The third-order valence-electron chi connectivity index (χ3n) is 7.10. The highest BCUT2D eigenvalue weighted by molar-refractivity contribution is 7.88. The molecule has 1 aromatic heterocycles. The van der Waals surface area contributed by atoms with Crippen LogP contribution in [0.3, 0.4) is 0 Å². The van der Waals surface area contributed by atoms with E-state index in [1.807, 2.05) is 18.2 Å². The molecule has 0 unspecified atom stereocenters. The molecule has 0 spiro atoms. The van der Waals surface area contributed by atoms with E-state index in [4.69, 9.17) is 0 Å². The second-order valence-electron chi connectivity index (χ2n) is 9.17. The summed E-state index contributed by atoms with van der Waals surface area (Å²) in [6.07, 6.45) is 13.5. The number of allylic oxidation sites excluding steroid dienone is 1. The number of sulfonamides is 1. The summed E-state index contributed by atoms with van der Waals surface area (Å²) >= 11 is 0. The first-order valence-electron chi connectivity index (χ1n) is 11.1. The molecule has 4 rings (SSSR count). The number of pyridine rings is 1. The topological polar surface area (TPSA) is 50.3 Å². The lowest BCUT2D eigenvalue weighted by Gasteiger charge is -2.29. The molecule has 0 saturated heterocycles. The summed E-state index contributed by atoms with van der Waals surface area (Å²) in [4.78, 5) is 4.56. The smallest absolute Gasteiger partial charge is 0.210 e. The molecule has 0 aliphatic heterocycles. The van der Waals surface area contributed by atoms with Crippen molar-refractivity contribution in [2.24, 2.45) is 23.7 Å². The van der Waals surface area contributed by atoms with E-state index in [1.165, 1.54) is 48.4 Å². The van der Waals surface area contributed by atoms with Gasteiger partial charge in [-0.05, 0) is 66.4 Å². The minimum absolute atomic E-state index is 0.255. The van der Waals surface area contributed by atoms with Gasteiger partial charge >= 0.3 is 0 Å². The third kappa shape index (κ3) is 5.24. The summed E-state index contributed by atoms with van der Waals surface area (Å²) in [7, 11) is -1.49. The van der Waals surface area contributed by atoms with Gasteiger partial charge in [0.15, 0.2) is 0 Å². The van der Waals surface area contributed by atoms with Crippen LogP contribution in [0.5, 0.6) is 0 Å². The first-order chi connectivity index (χ1) is 14.8. The van der Waals surface area contributed by atoms with Gasteiger partial charge in [-0.15, -0.1) is 0 Å². The zero-order valence-electron chi connectivity index (χ0n) is 18.2. The van der Waals surface area contributed by atoms with E-state index in [-0.39, 0.29) is 5.82 Å². The van der Waals surface area contributed by atoms with Gasteiger partial charge < -0.3 is 0 Å². The van der Waals surface area contributed by atoms with Gasteiger partial charge in [-0.3, -0.25) is 4.98 Å². The Balaban J connectivity index is 1.51. The van der Waals surface area contributed by atoms with Crippen LogP contribution < -0.4 is 0 Å². The van der Waals surface area contributed by atoms with E-state index >= 15 is 0 Å². The molecular weight excluding hydrogens is 411 g/mol. The Labute approximate surface area is 185 Å². The van der Waals surface area contributed by atoms with Crippen LogP contribution in [-0.2, 0) is 10.0 Å². The first-order valence-corrected chi connectivity index (χ1v) is 13.0. The summed E-state index contributed by atoms with van der Waals surface area (Å²) in [6.45, 7) is 0.576. The summed E-state index contributed by atoms with van der Waals surface area (Å²) in [5, 5.41) is 0. The van der Waals surface area contributed by atoms with Crippen molar-refractivity contribution in [2.45, 2.75) is 32.1 Å². The van der Waals surface area contributed by atoms with Crippen molar-refractivity contribution in [3.63, 3.8) is 0 Å². The Morgan fingerprint density at radius 2 is 1.97 bits per heavy atom. The molecule has 4 nitrogen and oxygen atoms in total. The standard InChI is InChI=1S/C25H31FN2O2S/c1-28(31(2,29)30)17-21-14-19-6-3-4-9-24(19)25(21)13-12-23-11-10-20(16-27-23)18-7-5-8-22(26)15-18/h5,7-8,10-13,15-16,19,21,24-25H,3-4,6,9,14,17H2,1-2H3/t19-,21-,24-,25-/m1/s1. The van der Waals surface area contributed by atoms with E-state index in [1.54, 1.807) is 19.3 Å². The van der Waals surface area contributed by atoms with Crippen LogP contribution in [0, 0.1) is 29.5 Å². The molecule has 166 valence electrons. The number of halogens is 1. The number of rotatable bonds is 6. The van der Waals surface area contributed by atoms with Crippen LogP contribution in [0.25, 0.3) is 17.2 Å². The molecule has 2 aliphatic rings. The first kappa shape index (κ1) is 22.2. The number of nitrogens with zero attached hydrogens (tertiary/aromatic N) is 2. The van der Waals surface area contributed by atoms with E-state index < -0.39 is 10.0 Å². The number of hydrogen-bond donors (Lipinski definition) is 0. The fourth-order valence-corrected chi connectivity index (χ4v) is 5.91. The predicted octanol–water partition coefficient (Wildman–Crippen LogP) is 5.23.